The molecule has 0 saturated carbocycles. The van der Waals surface area contributed by atoms with Gasteiger partial charge in [-0.1, -0.05) is 6.07 Å². The second-order valence-electron chi connectivity index (χ2n) is 8.59. The van der Waals surface area contributed by atoms with Crippen LogP contribution >= 0.6 is 0 Å². The molecule has 0 aliphatic carbocycles. The average molecular weight is 497 g/mol. The molecule has 1 saturated heterocycles. The summed E-state index contributed by atoms with van der Waals surface area (Å²) in [6, 6.07) is 10.4. The van der Waals surface area contributed by atoms with Crippen LogP contribution in [0.15, 0.2) is 53.6 Å². The maximum atomic E-state index is 14.0. The van der Waals surface area contributed by atoms with E-state index in [1.165, 1.54) is 12.4 Å². The minimum atomic E-state index is -0.715. The van der Waals surface area contributed by atoms with Gasteiger partial charge in [0.1, 0.15) is 29.4 Å². The summed E-state index contributed by atoms with van der Waals surface area (Å²) >= 11 is 0. The van der Waals surface area contributed by atoms with Crippen molar-refractivity contribution in [3.8, 4) is 17.3 Å². The molecule has 2 aromatic heterocycles. The van der Waals surface area contributed by atoms with Crippen LogP contribution in [0.5, 0.6) is 11.6 Å². The summed E-state index contributed by atoms with van der Waals surface area (Å²) in [4.78, 5) is 19.6. The van der Waals surface area contributed by atoms with E-state index in [4.69, 9.17) is 9.47 Å². The van der Waals surface area contributed by atoms with E-state index in [0.717, 1.165) is 46.1 Å². The van der Waals surface area contributed by atoms with Gasteiger partial charge in [-0.2, -0.15) is 9.78 Å². The first-order valence-corrected chi connectivity index (χ1v) is 11.6. The standard InChI is InChI=1S/C25H26F2N6O3/c1-4-35-19-12-31(13-19)24-29-16(2)23(30(24)3)36-18-10-8-17(9-11-18)33-25(34)32(15-28-33)14-20-21(26)6-5-7-22(20)27/h5-11,15,19H,4,12-14H2,1-3H3. The number of hydrogen-bond donors (Lipinski definition) is 0. The molecule has 1 fully saturated rings. The van der Waals surface area contributed by atoms with Crippen LogP contribution in [0.25, 0.3) is 5.69 Å². The highest BCUT2D eigenvalue weighted by Gasteiger charge is 2.31. The second kappa shape index (κ2) is 9.57. The largest absolute Gasteiger partial charge is 0.439 e. The molecule has 11 heteroatoms. The molecule has 0 spiro atoms. The van der Waals surface area contributed by atoms with Gasteiger partial charge in [0.05, 0.1) is 18.3 Å². The van der Waals surface area contributed by atoms with Crippen LogP contribution in [0.4, 0.5) is 14.7 Å². The third kappa shape index (κ3) is 4.37. The van der Waals surface area contributed by atoms with Crippen LogP contribution in [0.3, 0.4) is 0 Å². The highest BCUT2D eigenvalue weighted by atomic mass is 19.1. The highest BCUT2D eigenvalue weighted by molar-refractivity contribution is 5.45. The SMILES string of the molecule is CCOC1CN(c2nc(C)c(Oc3ccc(-n4ncn(Cc5c(F)cccc5F)c4=O)cc3)n2C)C1. The van der Waals surface area contributed by atoms with Crippen molar-refractivity contribution in [1.82, 2.24) is 23.9 Å². The van der Waals surface area contributed by atoms with Crippen molar-refractivity contribution in [3.63, 3.8) is 0 Å². The Kier molecular flexibility index (Phi) is 6.31. The molecule has 1 aliphatic heterocycles. The number of hydrogen-bond acceptors (Lipinski definition) is 6. The Morgan fingerprint density at radius 3 is 2.44 bits per heavy atom. The Morgan fingerprint density at radius 1 is 1.08 bits per heavy atom. The zero-order valence-corrected chi connectivity index (χ0v) is 20.2. The number of aryl methyl sites for hydroxylation is 1. The smallest absolute Gasteiger partial charge is 0.350 e. The minimum absolute atomic E-state index is 0.194. The van der Waals surface area contributed by atoms with Gasteiger partial charge in [0.2, 0.25) is 11.8 Å². The first kappa shape index (κ1) is 23.7. The zero-order valence-electron chi connectivity index (χ0n) is 20.2. The maximum Gasteiger partial charge on any atom is 0.350 e. The van der Waals surface area contributed by atoms with Gasteiger partial charge < -0.3 is 14.4 Å². The Labute approximate surface area is 206 Å². The molecular formula is C25H26F2N6O3. The third-order valence-corrected chi connectivity index (χ3v) is 6.13. The van der Waals surface area contributed by atoms with Crippen molar-refractivity contribution in [1.29, 1.82) is 0 Å². The van der Waals surface area contributed by atoms with Gasteiger partial charge in [-0.3, -0.25) is 9.13 Å². The van der Waals surface area contributed by atoms with Crippen LogP contribution in [-0.2, 0) is 18.3 Å². The molecular weight excluding hydrogens is 470 g/mol. The molecule has 4 aromatic rings. The summed E-state index contributed by atoms with van der Waals surface area (Å²) in [5, 5.41) is 4.09. The molecule has 0 amide bonds. The molecule has 0 N–H and O–H groups in total. The van der Waals surface area contributed by atoms with Gasteiger partial charge in [-0.15, -0.1) is 0 Å². The average Bonchev–Trinajstić information content (AvgIpc) is 3.33. The monoisotopic (exact) mass is 496 g/mol. The third-order valence-electron chi connectivity index (χ3n) is 6.13. The van der Waals surface area contributed by atoms with Crippen molar-refractivity contribution in [2.24, 2.45) is 7.05 Å². The summed E-state index contributed by atoms with van der Waals surface area (Å²) in [6.45, 7) is 5.88. The molecule has 2 aromatic carbocycles. The van der Waals surface area contributed by atoms with E-state index >= 15 is 0 Å². The molecule has 9 nitrogen and oxygen atoms in total. The quantitative estimate of drug-likeness (QED) is 0.372. The van der Waals surface area contributed by atoms with E-state index in [2.05, 4.69) is 15.0 Å². The van der Waals surface area contributed by atoms with Gasteiger partial charge in [0.15, 0.2) is 0 Å². The topological polar surface area (TPSA) is 79.3 Å². The number of imidazole rings is 1. The Morgan fingerprint density at radius 2 is 1.78 bits per heavy atom. The predicted molar refractivity (Wildman–Crippen MR) is 129 cm³/mol. The lowest BCUT2D eigenvalue weighted by Crippen LogP contribution is -2.53. The molecule has 3 heterocycles. The molecule has 5 rings (SSSR count). The van der Waals surface area contributed by atoms with E-state index in [1.807, 2.05) is 25.5 Å². The van der Waals surface area contributed by atoms with E-state index in [0.29, 0.717) is 23.9 Å². The molecule has 36 heavy (non-hydrogen) atoms. The first-order chi connectivity index (χ1) is 17.4. The van der Waals surface area contributed by atoms with Gasteiger partial charge in [-0.25, -0.2) is 18.6 Å². The van der Waals surface area contributed by atoms with E-state index in [-0.39, 0.29) is 18.2 Å². The lowest BCUT2D eigenvalue weighted by Gasteiger charge is -2.39. The van der Waals surface area contributed by atoms with Crippen molar-refractivity contribution in [2.45, 2.75) is 26.5 Å². The van der Waals surface area contributed by atoms with Gasteiger partial charge >= 0.3 is 5.69 Å². The lowest BCUT2D eigenvalue weighted by atomic mass is 10.2. The van der Waals surface area contributed by atoms with Crippen molar-refractivity contribution < 1.29 is 18.3 Å². The van der Waals surface area contributed by atoms with Crippen molar-refractivity contribution >= 4 is 5.95 Å². The number of anilines is 1. The highest BCUT2D eigenvalue weighted by Crippen LogP contribution is 2.31. The van der Waals surface area contributed by atoms with Crippen LogP contribution in [0.1, 0.15) is 18.2 Å². The summed E-state index contributed by atoms with van der Waals surface area (Å²) < 4.78 is 43.9. The summed E-state index contributed by atoms with van der Waals surface area (Å²) in [5.41, 5.74) is 0.538. The first-order valence-electron chi connectivity index (χ1n) is 11.6. The molecule has 0 bridgehead atoms. The van der Waals surface area contributed by atoms with Gasteiger partial charge in [0, 0.05) is 32.3 Å². The lowest BCUT2D eigenvalue weighted by molar-refractivity contribution is 0.0420. The number of halogens is 2. The Hall–Kier alpha value is -3.99. The molecule has 0 atom stereocenters. The Bertz CT molecular complexity index is 1420. The van der Waals surface area contributed by atoms with Crippen LogP contribution in [0.2, 0.25) is 0 Å². The van der Waals surface area contributed by atoms with E-state index in [1.54, 1.807) is 24.3 Å². The van der Waals surface area contributed by atoms with Crippen molar-refractivity contribution in [2.75, 3.05) is 24.6 Å². The minimum Gasteiger partial charge on any atom is -0.439 e. The second-order valence-corrected chi connectivity index (χ2v) is 8.59. The number of benzene rings is 2. The van der Waals surface area contributed by atoms with Crippen LogP contribution < -0.4 is 15.3 Å². The van der Waals surface area contributed by atoms with E-state index < -0.39 is 17.3 Å². The molecule has 0 radical (unpaired) electrons. The molecule has 1 aliphatic rings. The fraction of sp³-hybridized carbons (Fsp3) is 0.320. The molecule has 188 valence electrons. The zero-order chi connectivity index (χ0) is 25.4. The normalized spacial score (nSPS) is 13.8. The van der Waals surface area contributed by atoms with E-state index in [9.17, 15) is 13.6 Å². The fourth-order valence-corrected chi connectivity index (χ4v) is 4.21. The predicted octanol–water partition coefficient (Wildman–Crippen LogP) is 3.42. The maximum absolute atomic E-state index is 14.0. The number of ether oxygens (including phenoxy) is 2. The number of nitrogens with zero attached hydrogens (tertiary/aromatic N) is 6. The summed E-state index contributed by atoms with van der Waals surface area (Å²) in [6.07, 6.45) is 1.48. The molecule has 0 unspecified atom stereocenters. The summed E-state index contributed by atoms with van der Waals surface area (Å²) in [5.74, 6) is 0.568. The van der Waals surface area contributed by atoms with Gasteiger partial charge in [-0.05, 0) is 50.2 Å². The fourth-order valence-electron chi connectivity index (χ4n) is 4.21. The Balaban J connectivity index is 1.30. The van der Waals surface area contributed by atoms with Crippen molar-refractivity contribution in [3.05, 3.63) is 82.2 Å². The van der Waals surface area contributed by atoms with Crippen LogP contribution in [-0.4, -0.2) is 49.7 Å². The summed E-state index contributed by atoms with van der Waals surface area (Å²) in [7, 11) is 1.90. The van der Waals surface area contributed by atoms with Crippen LogP contribution in [0, 0.1) is 18.6 Å². The number of aromatic nitrogens is 5. The van der Waals surface area contributed by atoms with Gasteiger partial charge in [0.25, 0.3) is 0 Å². The number of rotatable bonds is 8.